The molecule has 0 radical (unpaired) electrons. The molecule has 1 amide bonds. The lowest BCUT2D eigenvalue weighted by Crippen LogP contribution is -2.38. The van der Waals surface area contributed by atoms with Gasteiger partial charge in [-0.1, -0.05) is 23.7 Å². The summed E-state index contributed by atoms with van der Waals surface area (Å²) in [7, 11) is 0. The molecular formula is C18H22ClNO2. The van der Waals surface area contributed by atoms with Gasteiger partial charge in [-0.05, 0) is 49.3 Å². The third kappa shape index (κ3) is 3.02. The van der Waals surface area contributed by atoms with Crippen LogP contribution in [0.25, 0.3) is 0 Å². The fourth-order valence-electron chi connectivity index (χ4n) is 3.57. The molecule has 2 saturated carbocycles. The van der Waals surface area contributed by atoms with Crippen molar-refractivity contribution in [1.82, 2.24) is 4.90 Å². The number of halogens is 1. The third-order valence-corrected chi connectivity index (χ3v) is 5.41. The second-order valence-electron chi connectivity index (χ2n) is 6.95. The standard InChI is InChI=1S/C18H22ClNO2/c19-14-3-1-13(2-4-14)16-9-17(16)18(21)20(15-5-6-15)10-12-7-8-22-11-12/h1-4,12,15-17H,5-11H2/t12-,16+,17-/m1/s1. The zero-order valence-electron chi connectivity index (χ0n) is 12.7. The molecule has 1 aliphatic heterocycles. The summed E-state index contributed by atoms with van der Waals surface area (Å²) in [6.07, 6.45) is 4.45. The second-order valence-corrected chi connectivity index (χ2v) is 7.39. The Bertz CT molecular complexity index is 549. The van der Waals surface area contributed by atoms with E-state index in [0.29, 0.717) is 23.8 Å². The smallest absolute Gasteiger partial charge is 0.226 e. The summed E-state index contributed by atoms with van der Waals surface area (Å²) < 4.78 is 5.47. The van der Waals surface area contributed by atoms with E-state index in [1.807, 2.05) is 12.1 Å². The molecule has 1 aromatic rings. The molecule has 0 spiro atoms. The van der Waals surface area contributed by atoms with E-state index in [1.54, 1.807) is 0 Å². The van der Waals surface area contributed by atoms with Crippen LogP contribution >= 0.6 is 11.6 Å². The average molecular weight is 320 g/mol. The van der Waals surface area contributed by atoms with Gasteiger partial charge in [-0.2, -0.15) is 0 Å². The van der Waals surface area contributed by atoms with Gasteiger partial charge < -0.3 is 9.64 Å². The number of ether oxygens (including phenoxy) is 1. The Morgan fingerprint density at radius 1 is 1.23 bits per heavy atom. The molecule has 3 aliphatic rings. The monoisotopic (exact) mass is 319 g/mol. The van der Waals surface area contributed by atoms with Crippen LogP contribution in [0.4, 0.5) is 0 Å². The first-order chi connectivity index (χ1) is 10.7. The Morgan fingerprint density at radius 2 is 2.00 bits per heavy atom. The lowest BCUT2D eigenvalue weighted by Gasteiger charge is -2.25. The molecular weight excluding hydrogens is 298 g/mol. The van der Waals surface area contributed by atoms with Gasteiger partial charge in [0.1, 0.15) is 0 Å². The molecule has 0 bridgehead atoms. The van der Waals surface area contributed by atoms with Crippen molar-refractivity contribution >= 4 is 17.5 Å². The number of hydrogen-bond donors (Lipinski definition) is 0. The highest BCUT2D eigenvalue weighted by molar-refractivity contribution is 6.30. The molecule has 3 fully saturated rings. The molecule has 1 saturated heterocycles. The first-order valence-corrected chi connectivity index (χ1v) is 8.74. The fourth-order valence-corrected chi connectivity index (χ4v) is 3.70. The summed E-state index contributed by atoms with van der Waals surface area (Å²) in [5.41, 5.74) is 1.25. The van der Waals surface area contributed by atoms with Gasteiger partial charge in [0, 0.05) is 36.1 Å². The molecule has 3 nitrogen and oxygen atoms in total. The quantitative estimate of drug-likeness (QED) is 0.831. The Morgan fingerprint density at radius 3 is 2.64 bits per heavy atom. The first kappa shape index (κ1) is 14.5. The van der Waals surface area contributed by atoms with E-state index in [2.05, 4.69) is 17.0 Å². The van der Waals surface area contributed by atoms with Gasteiger partial charge in [0.2, 0.25) is 5.91 Å². The van der Waals surface area contributed by atoms with Crippen LogP contribution in [-0.4, -0.2) is 36.6 Å². The summed E-state index contributed by atoms with van der Waals surface area (Å²) in [5.74, 6) is 1.49. The first-order valence-electron chi connectivity index (χ1n) is 8.36. The summed E-state index contributed by atoms with van der Waals surface area (Å²) in [5, 5.41) is 0.758. The summed E-state index contributed by atoms with van der Waals surface area (Å²) in [6.45, 7) is 2.57. The number of nitrogens with zero attached hydrogens (tertiary/aromatic N) is 1. The number of benzene rings is 1. The largest absolute Gasteiger partial charge is 0.381 e. The average Bonchev–Trinajstić information content (AvgIpc) is 3.44. The van der Waals surface area contributed by atoms with E-state index in [9.17, 15) is 4.79 Å². The van der Waals surface area contributed by atoms with Gasteiger partial charge in [0.05, 0.1) is 6.61 Å². The minimum Gasteiger partial charge on any atom is -0.381 e. The molecule has 4 rings (SSSR count). The Balaban J connectivity index is 1.40. The normalized spacial score (nSPS) is 30.3. The van der Waals surface area contributed by atoms with Crippen LogP contribution < -0.4 is 0 Å². The van der Waals surface area contributed by atoms with Crippen molar-refractivity contribution in [3.8, 4) is 0 Å². The van der Waals surface area contributed by atoms with Crippen LogP contribution in [0.3, 0.4) is 0 Å². The molecule has 2 aliphatic carbocycles. The van der Waals surface area contributed by atoms with Crippen molar-refractivity contribution < 1.29 is 9.53 Å². The SMILES string of the molecule is O=C([C@@H]1C[C@H]1c1ccc(Cl)cc1)N(C[C@H]1CCOC1)C1CC1. The van der Waals surface area contributed by atoms with Crippen LogP contribution in [0, 0.1) is 11.8 Å². The lowest BCUT2D eigenvalue weighted by molar-refractivity contribution is -0.134. The van der Waals surface area contributed by atoms with Crippen LogP contribution in [0.5, 0.6) is 0 Å². The van der Waals surface area contributed by atoms with Crippen molar-refractivity contribution in [1.29, 1.82) is 0 Å². The molecule has 3 atom stereocenters. The van der Waals surface area contributed by atoms with Crippen LogP contribution in [0.1, 0.15) is 37.2 Å². The second kappa shape index (κ2) is 5.86. The molecule has 0 unspecified atom stereocenters. The van der Waals surface area contributed by atoms with Gasteiger partial charge in [0.25, 0.3) is 0 Å². The van der Waals surface area contributed by atoms with Crippen LogP contribution in [-0.2, 0) is 9.53 Å². The van der Waals surface area contributed by atoms with Crippen molar-refractivity contribution in [3.63, 3.8) is 0 Å². The van der Waals surface area contributed by atoms with E-state index in [1.165, 1.54) is 18.4 Å². The van der Waals surface area contributed by atoms with E-state index in [4.69, 9.17) is 16.3 Å². The maximum absolute atomic E-state index is 12.9. The van der Waals surface area contributed by atoms with E-state index < -0.39 is 0 Å². The highest BCUT2D eigenvalue weighted by Gasteiger charge is 2.48. The van der Waals surface area contributed by atoms with E-state index in [-0.39, 0.29) is 5.92 Å². The van der Waals surface area contributed by atoms with Crippen molar-refractivity contribution in [2.45, 2.75) is 37.6 Å². The van der Waals surface area contributed by atoms with E-state index in [0.717, 1.165) is 37.6 Å². The fraction of sp³-hybridized carbons (Fsp3) is 0.611. The lowest BCUT2D eigenvalue weighted by atomic mass is 10.1. The Labute approximate surface area is 136 Å². The number of rotatable bonds is 5. The molecule has 4 heteroatoms. The summed E-state index contributed by atoms with van der Waals surface area (Å²) in [6, 6.07) is 8.47. The predicted octanol–water partition coefficient (Wildman–Crippen LogP) is 3.47. The van der Waals surface area contributed by atoms with Gasteiger partial charge in [-0.15, -0.1) is 0 Å². The molecule has 22 heavy (non-hydrogen) atoms. The van der Waals surface area contributed by atoms with Crippen molar-refractivity contribution in [2.75, 3.05) is 19.8 Å². The molecule has 1 aromatic carbocycles. The van der Waals surface area contributed by atoms with Gasteiger partial charge in [0.15, 0.2) is 0 Å². The Hall–Kier alpha value is -1.06. The summed E-state index contributed by atoms with van der Waals surface area (Å²) in [4.78, 5) is 15.1. The highest BCUT2D eigenvalue weighted by Crippen LogP contribution is 2.49. The zero-order chi connectivity index (χ0) is 15.1. The topological polar surface area (TPSA) is 29.5 Å². The van der Waals surface area contributed by atoms with Gasteiger partial charge in [-0.3, -0.25) is 4.79 Å². The molecule has 118 valence electrons. The summed E-state index contributed by atoms with van der Waals surface area (Å²) >= 11 is 5.94. The zero-order valence-corrected chi connectivity index (χ0v) is 13.5. The highest BCUT2D eigenvalue weighted by atomic mass is 35.5. The number of hydrogen-bond acceptors (Lipinski definition) is 2. The number of carbonyl (C=O) groups is 1. The minimum atomic E-state index is 0.184. The van der Waals surface area contributed by atoms with Crippen molar-refractivity contribution in [2.24, 2.45) is 11.8 Å². The van der Waals surface area contributed by atoms with Gasteiger partial charge >= 0.3 is 0 Å². The van der Waals surface area contributed by atoms with Crippen molar-refractivity contribution in [3.05, 3.63) is 34.9 Å². The molecule has 0 aromatic heterocycles. The molecule has 0 N–H and O–H groups in total. The van der Waals surface area contributed by atoms with Crippen LogP contribution in [0.15, 0.2) is 24.3 Å². The van der Waals surface area contributed by atoms with Crippen LogP contribution in [0.2, 0.25) is 5.02 Å². The molecule has 1 heterocycles. The predicted molar refractivity (Wildman–Crippen MR) is 86.0 cm³/mol. The Kier molecular flexibility index (Phi) is 3.87. The number of amides is 1. The number of carbonyl (C=O) groups excluding carboxylic acids is 1. The van der Waals surface area contributed by atoms with E-state index >= 15 is 0 Å². The maximum Gasteiger partial charge on any atom is 0.226 e. The third-order valence-electron chi connectivity index (χ3n) is 5.16. The minimum absolute atomic E-state index is 0.184. The van der Waals surface area contributed by atoms with Gasteiger partial charge in [-0.25, -0.2) is 0 Å². The maximum atomic E-state index is 12.9.